The number of hydrogen-bond donors (Lipinski definition) is 6. The van der Waals surface area contributed by atoms with Crippen LogP contribution in [0.5, 0.6) is 0 Å². The summed E-state index contributed by atoms with van der Waals surface area (Å²) in [6.45, 7) is 0.892. The molecular weight excluding hydrogens is 222 g/mol. The molecule has 0 aromatic carbocycles. The molecule has 1 aliphatic rings. The van der Waals surface area contributed by atoms with Crippen LogP contribution < -0.4 is 11.1 Å². The molecule has 3 atom stereocenters. The van der Waals surface area contributed by atoms with Crippen molar-refractivity contribution in [2.75, 3.05) is 0 Å². The Labute approximate surface area is 89.2 Å². The second kappa shape index (κ2) is 3.40. The average Bonchev–Trinajstić information content (AvgIpc) is 2.39. The molecule has 16 heavy (non-hydrogen) atoms. The molecule has 90 valence electrons. The lowest BCUT2D eigenvalue weighted by Crippen LogP contribution is -2.67. The Bertz CT molecular complexity index is 380. The molecule has 0 aliphatic carbocycles. The summed E-state index contributed by atoms with van der Waals surface area (Å²) < 4.78 is 0. The van der Waals surface area contributed by atoms with E-state index in [2.05, 4.69) is 4.99 Å². The van der Waals surface area contributed by atoms with E-state index in [1.165, 1.54) is 0 Å². The van der Waals surface area contributed by atoms with Gasteiger partial charge in [-0.05, 0) is 6.92 Å². The minimum atomic E-state index is -3.18. The van der Waals surface area contributed by atoms with E-state index in [0.29, 0.717) is 0 Å². The highest BCUT2D eigenvalue weighted by molar-refractivity contribution is 6.09. The van der Waals surface area contributed by atoms with E-state index in [-0.39, 0.29) is 0 Å². The number of aliphatic carboxylic acids is 1. The van der Waals surface area contributed by atoms with Gasteiger partial charge in [0, 0.05) is 0 Å². The molecule has 0 fully saturated rings. The number of carbonyl (C=O) groups excluding carboxylic acids is 1. The zero-order chi connectivity index (χ0) is 12.7. The fourth-order valence-electron chi connectivity index (χ4n) is 1.33. The molecule has 7 N–H and O–H groups in total. The molecule has 0 saturated carbocycles. The lowest BCUT2D eigenvalue weighted by Gasteiger charge is -2.34. The number of nitrogens with two attached hydrogens (primary N) is 1. The summed E-state index contributed by atoms with van der Waals surface area (Å²) >= 11 is 0. The highest BCUT2D eigenvalue weighted by atomic mass is 16.5. The molecule has 0 radical (unpaired) electrons. The maximum atomic E-state index is 11.3. The Balaban J connectivity index is 3.34. The van der Waals surface area contributed by atoms with Crippen LogP contribution in [0.25, 0.3) is 0 Å². The van der Waals surface area contributed by atoms with Gasteiger partial charge in [-0.2, -0.15) is 0 Å². The van der Waals surface area contributed by atoms with Crippen LogP contribution in [-0.4, -0.2) is 55.7 Å². The first-order valence-electron chi connectivity index (χ1n) is 4.19. The Hall–Kier alpha value is -1.71. The standard InChI is InChI=1S/C7H11N3O6/c1-2(11)6(15,4(13)14)7(16)3(12)9-5(8)10-7/h2,11,15-16H,1H3,(H,13,14)(H3,8,9,10,12). The van der Waals surface area contributed by atoms with Gasteiger partial charge >= 0.3 is 5.97 Å². The number of aliphatic hydroxyl groups is 3. The number of carboxylic acid groups (broad SMARTS) is 1. The van der Waals surface area contributed by atoms with Crippen LogP contribution in [0.4, 0.5) is 0 Å². The average molecular weight is 233 g/mol. The number of amides is 1. The molecule has 9 nitrogen and oxygen atoms in total. The molecule has 3 unspecified atom stereocenters. The largest absolute Gasteiger partial charge is 0.479 e. The van der Waals surface area contributed by atoms with Gasteiger partial charge in [0.25, 0.3) is 11.6 Å². The number of nitrogens with zero attached hydrogens (tertiary/aromatic N) is 1. The van der Waals surface area contributed by atoms with Gasteiger partial charge in [-0.15, -0.1) is 0 Å². The maximum Gasteiger partial charge on any atom is 0.344 e. The number of hydrogen-bond acceptors (Lipinski definition) is 7. The Morgan fingerprint density at radius 3 is 2.44 bits per heavy atom. The molecule has 1 heterocycles. The van der Waals surface area contributed by atoms with Crippen LogP contribution in [0.2, 0.25) is 0 Å². The Morgan fingerprint density at radius 1 is 1.69 bits per heavy atom. The summed E-state index contributed by atoms with van der Waals surface area (Å²) in [6, 6.07) is 0. The number of carboxylic acids is 1. The first-order valence-corrected chi connectivity index (χ1v) is 4.19. The number of nitrogens with one attached hydrogen (secondary N) is 1. The summed E-state index contributed by atoms with van der Waals surface area (Å²) in [6.07, 6.45) is -1.95. The minimum Gasteiger partial charge on any atom is -0.479 e. The molecular formula is C7H11N3O6. The topological polar surface area (TPSA) is 165 Å². The summed E-state index contributed by atoms with van der Waals surface area (Å²) in [5, 5.41) is 39.2. The van der Waals surface area contributed by atoms with Crippen molar-refractivity contribution < 1.29 is 30.0 Å². The predicted molar refractivity (Wildman–Crippen MR) is 49.0 cm³/mol. The molecule has 0 aromatic rings. The van der Waals surface area contributed by atoms with E-state index < -0.39 is 35.3 Å². The van der Waals surface area contributed by atoms with Gasteiger partial charge in [0.2, 0.25) is 5.60 Å². The van der Waals surface area contributed by atoms with Gasteiger partial charge in [0.15, 0.2) is 5.96 Å². The first kappa shape index (κ1) is 12.4. The number of guanidine groups is 1. The molecule has 0 spiro atoms. The van der Waals surface area contributed by atoms with Crippen molar-refractivity contribution >= 4 is 17.8 Å². The SMILES string of the molecule is CC(O)C(O)(C(=O)O)C1(O)N=C(N)NC1=O. The normalized spacial score (nSPS) is 30.2. The third-order valence-electron chi connectivity index (χ3n) is 2.30. The first-order chi connectivity index (χ1) is 7.16. The number of aliphatic imine (C=N–C) groups is 1. The van der Waals surface area contributed by atoms with Gasteiger partial charge in [-0.1, -0.05) is 0 Å². The molecule has 0 saturated heterocycles. The van der Waals surface area contributed by atoms with Crippen molar-refractivity contribution in [3.63, 3.8) is 0 Å². The zero-order valence-corrected chi connectivity index (χ0v) is 8.21. The van der Waals surface area contributed by atoms with Crippen LogP contribution in [0.15, 0.2) is 4.99 Å². The smallest absolute Gasteiger partial charge is 0.344 e. The van der Waals surface area contributed by atoms with E-state index in [0.717, 1.165) is 6.92 Å². The molecule has 0 aromatic heterocycles. The van der Waals surface area contributed by atoms with Crippen molar-refractivity contribution in [2.24, 2.45) is 10.7 Å². The lowest BCUT2D eigenvalue weighted by atomic mass is 9.85. The van der Waals surface area contributed by atoms with E-state index in [1.807, 2.05) is 5.32 Å². The van der Waals surface area contributed by atoms with Gasteiger partial charge in [0.1, 0.15) is 0 Å². The zero-order valence-electron chi connectivity index (χ0n) is 8.21. The van der Waals surface area contributed by atoms with Crippen LogP contribution in [0, 0.1) is 0 Å². The summed E-state index contributed by atoms with van der Waals surface area (Å²) in [7, 11) is 0. The van der Waals surface area contributed by atoms with Crippen molar-refractivity contribution in [1.29, 1.82) is 0 Å². The van der Waals surface area contributed by atoms with E-state index in [1.54, 1.807) is 0 Å². The molecule has 1 aliphatic heterocycles. The number of carbonyl (C=O) groups is 2. The van der Waals surface area contributed by atoms with Crippen molar-refractivity contribution in [1.82, 2.24) is 5.32 Å². The third-order valence-corrected chi connectivity index (χ3v) is 2.30. The number of aliphatic hydroxyl groups excluding tert-OH is 1. The fourth-order valence-corrected chi connectivity index (χ4v) is 1.33. The van der Waals surface area contributed by atoms with E-state index in [9.17, 15) is 24.9 Å². The van der Waals surface area contributed by atoms with Gasteiger partial charge in [0.05, 0.1) is 6.10 Å². The second-order valence-electron chi connectivity index (χ2n) is 3.37. The van der Waals surface area contributed by atoms with Gasteiger partial charge in [-0.3, -0.25) is 10.1 Å². The highest BCUT2D eigenvalue weighted by Crippen LogP contribution is 2.30. The summed E-state index contributed by atoms with van der Waals surface area (Å²) in [5.41, 5.74) is -1.17. The van der Waals surface area contributed by atoms with Crippen molar-refractivity contribution in [2.45, 2.75) is 24.4 Å². The third kappa shape index (κ3) is 1.33. The van der Waals surface area contributed by atoms with Crippen LogP contribution in [0.3, 0.4) is 0 Å². The molecule has 9 heteroatoms. The predicted octanol–water partition coefficient (Wildman–Crippen LogP) is -3.68. The minimum absolute atomic E-state index is 0.548. The molecule has 1 rings (SSSR count). The Morgan fingerprint density at radius 2 is 2.19 bits per heavy atom. The van der Waals surface area contributed by atoms with Gasteiger partial charge < -0.3 is 26.2 Å². The quantitative estimate of drug-likeness (QED) is 0.292. The lowest BCUT2D eigenvalue weighted by molar-refractivity contribution is -0.213. The summed E-state index contributed by atoms with van der Waals surface area (Å²) in [5.74, 6) is -3.87. The monoisotopic (exact) mass is 233 g/mol. The highest BCUT2D eigenvalue weighted by Gasteiger charge is 2.66. The van der Waals surface area contributed by atoms with E-state index >= 15 is 0 Å². The van der Waals surface area contributed by atoms with Crippen LogP contribution >= 0.6 is 0 Å². The summed E-state index contributed by atoms with van der Waals surface area (Å²) in [4.78, 5) is 25.2. The van der Waals surface area contributed by atoms with Crippen LogP contribution in [0.1, 0.15) is 6.92 Å². The second-order valence-corrected chi connectivity index (χ2v) is 3.37. The van der Waals surface area contributed by atoms with Crippen molar-refractivity contribution in [3.05, 3.63) is 0 Å². The van der Waals surface area contributed by atoms with E-state index in [4.69, 9.17) is 10.8 Å². The Kier molecular flexibility index (Phi) is 2.63. The van der Waals surface area contributed by atoms with Gasteiger partial charge in [-0.25, -0.2) is 9.79 Å². The molecule has 1 amide bonds. The van der Waals surface area contributed by atoms with Crippen molar-refractivity contribution in [3.8, 4) is 0 Å². The van der Waals surface area contributed by atoms with Crippen LogP contribution in [-0.2, 0) is 9.59 Å². The molecule has 0 bridgehead atoms. The fraction of sp³-hybridized carbons (Fsp3) is 0.571. The maximum absolute atomic E-state index is 11.3. The number of rotatable bonds is 3.